The van der Waals surface area contributed by atoms with Gasteiger partial charge in [0.2, 0.25) is 0 Å². The van der Waals surface area contributed by atoms with Gasteiger partial charge in [0.15, 0.2) is 0 Å². The number of benzene rings is 1. The van der Waals surface area contributed by atoms with Gasteiger partial charge in [-0.3, -0.25) is 4.98 Å². The first kappa shape index (κ1) is 15.7. The molecule has 4 heteroatoms. The average molecular weight is 314 g/mol. The normalized spacial score (nSPS) is 11.5. The Balaban J connectivity index is 1.84. The van der Waals surface area contributed by atoms with Crippen LogP contribution in [-0.2, 0) is 6.42 Å². The molecule has 0 aliphatic rings. The van der Waals surface area contributed by atoms with Crippen LogP contribution in [0.1, 0.15) is 28.4 Å². The molecule has 0 saturated heterocycles. The fourth-order valence-corrected chi connectivity index (χ4v) is 2.50. The lowest BCUT2D eigenvalue weighted by Crippen LogP contribution is -2.16. The highest BCUT2D eigenvalue weighted by Crippen LogP contribution is 2.21. The van der Waals surface area contributed by atoms with E-state index in [1.165, 1.54) is 11.1 Å². The first-order valence-corrected chi connectivity index (χ1v) is 7.84. The second-order valence-electron chi connectivity index (χ2n) is 5.69. The predicted molar refractivity (Wildman–Crippen MR) is 94.4 cm³/mol. The minimum absolute atomic E-state index is 0.00865. The average Bonchev–Trinajstić information content (AvgIpc) is 2.64. The van der Waals surface area contributed by atoms with Gasteiger partial charge < -0.3 is 5.32 Å². The van der Waals surface area contributed by atoms with Crippen LogP contribution in [0.25, 0.3) is 0 Å². The van der Waals surface area contributed by atoms with Gasteiger partial charge in [-0.1, -0.05) is 35.9 Å². The molecule has 3 rings (SSSR count). The summed E-state index contributed by atoms with van der Waals surface area (Å²) in [7, 11) is 0. The number of hydrogen-bond donors (Lipinski definition) is 1. The molecule has 0 saturated carbocycles. The molecule has 2 heterocycles. The summed E-state index contributed by atoms with van der Waals surface area (Å²) in [5, 5.41) is 12.3. The monoisotopic (exact) mass is 314 g/mol. The van der Waals surface area contributed by atoms with Crippen LogP contribution in [-0.4, -0.2) is 9.97 Å². The molecule has 2 aromatic heterocycles. The molecule has 118 valence electrons. The highest BCUT2D eigenvalue weighted by atomic mass is 15.0. The van der Waals surface area contributed by atoms with Crippen molar-refractivity contribution in [3.63, 3.8) is 0 Å². The zero-order valence-corrected chi connectivity index (χ0v) is 13.5. The van der Waals surface area contributed by atoms with Crippen molar-refractivity contribution in [2.24, 2.45) is 0 Å². The summed E-state index contributed by atoms with van der Waals surface area (Å²) in [4.78, 5) is 8.79. The Bertz CT molecular complexity index is 818. The molecular formula is C20H18N4. The predicted octanol–water partition coefficient (Wildman–Crippen LogP) is 4.05. The molecule has 0 bridgehead atoms. The number of aryl methyl sites for hydroxylation is 1. The molecule has 4 nitrogen and oxygen atoms in total. The second kappa shape index (κ2) is 7.38. The fraction of sp³-hybridized carbons (Fsp3) is 0.150. The van der Waals surface area contributed by atoms with Gasteiger partial charge in [-0.25, -0.2) is 4.98 Å². The van der Waals surface area contributed by atoms with Gasteiger partial charge in [0.05, 0.1) is 17.3 Å². The maximum Gasteiger partial charge on any atom is 0.126 e. The largest absolute Gasteiger partial charge is 0.361 e. The zero-order valence-electron chi connectivity index (χ0n) is 13.5. The number of rotatable bonds is 5. The molecule has 0 aliphatic carbocycles. The Kier molecular flexibility index (Phi) is 4.83. The lowest BCUT2D eigenvalue weighted by molar-refractivity contribution is 0.741. The third kappa shape index (κ3) is 3.96. The molecule has 3 aromatic rings. The number of pyridine rings is 2. The van der Waals surface area contributed by atoms with Gasteiger partial charge in [0.1, 0.15) is 11.9 Å². The number of nitrogens with zero attached hydrogens (tertiary/aromatic N) is 3. The molecule has 0 aliphatic heterocycles. The van der Waals surface area contributed by atoms with Crippen LogP contribution < -0.4 is 5.32 Å². The van der Waals surface area contributed by atoms with E-state index in [-0.39, 0.29) is 6.04 Å². The summed E-state index contributed by atoms with van der Waals surface area (Å²) in [5.41, 5.74) is 3.99. The summed E-state index contributed by atoms with van der Waals surface area (Å²) in [6.45, 7) is 2.08. The maximum atomic E-state index is 8.89. The Morgan fingerprint density at radius 1 is 1.04 bits per heavy atom. The first-order valence-electron chi connectivity index (χ1n) is 7.84. The summed E-state index contributed by atoms with van der Waals surface area (Å²) in [6.07, 6.45) is 4.17. The van der Waals surface area contributed by atoms with Crippen molar-refractivity contribution >= 4 is 5.82 Å². The number of aromatic nitrogens is 2. The van der Waals surface area contributed by atoms with E-state index in [1.807, 2.05) is 24.3 Å². The molecule has 0 radical (unpaired) electrons. The number of hydrogen-bond acceptors (Lipinski definition) is 4. The standard InChI is InChI=1S/C20H18N4/c1-15-5-7-16(8-6-15)12-19(18-4-2-3-11-22-18)24-20-10-9-17(13-21)14-23-20/h2-11,14,19H,12H2,1H3,(H,23,24). The SMILES string of the molecule is Cc1ccc(CC(Nc2ccc(C#N)cn2)c2ccccn2)cc1. The lowest BCUT2D eigenvalue weighted by atomic mass is 10.0. The Labute approximate surface area is 141 Å². The van der Waals surface area contributed by atoms with Gasteiger partial charge in [-0.2, -0.15) is 5.26 Å². The molecule has 24 heavy (non-hydrogen) atoms. The molecule has 0 fully saturated rings. The van der Waals surface area contributed by atoms with Crippen molar-refractivity contribution in [3.8, 4) is 6.07 Å². The summed E-state index contributed by atoms with van der Waals surface area (Å²) in [5.74, 6) is 0.733. The van der Waals surface area contributed by atoms with Gasteiger partial charge in [0, 0.05) is 12.4 Å². The molecule has 1 aromatic carbocycles. The maximum absolute atomic E-state index is 8.89. The van der Waals surface area contributed by atoms with Crippen molar-refractivity contribution in [2.75, 3.05) is 5.32 Å². The van der Waals surface area contributed by atoms with Crippen molar-refractivity contribution < 1.29 is 0 Å². The fourth-order valence-electron chi connectivity index (χ4n) is 2.50. The third-order valence-corrected chi connectivity index (χ3v) is 3.82. The van der Waals surface area contributed by atoms with Crippen LogP contribution in [0.3, 0.4) is 0 Å². The zero-order chi connectivity index (χ0) is 16.8. The summed E-state index contributed by atoms with van der Waals surface area (Å²) < 4.78 is 0. The quantitative estimate of drug-likeness (QED) is 0.771. The van der Waals surface area contributed by atoms with Crippen molar-refractivity contribution in [1.29, 1.82) is 5.26 Å². The van der Waals surface area contributed by atoms with Crippen molar-refractivity contribution in [1.82, 2.24) is 9.97 Å². The number of nitrogens with one attached hydrogen (secondary N) is 1. The van der Waals surface area contributed by atoms with E-state index >= 15 is 0 Å². The highest BCUT2D eigenvalue weighted by Gasteiger charge is 2.14. The van der Waals surface area contributed by atoms with E-state index in [9.17, 15) is 0 Å². The van der Waals surface area contributed by atoms with Crippen LogP contribution in [0.15, 0.2) is 67.0 Å². The van der Waals surface area contributed by atoms with Gasteiger partial charge in [-0.15, -0.1) is 0 Å². The number of anilines is 1. The number of nitriles is 1. The van der Waals surface area contributed by atoms with Crippen LogP contribution in [0.2, 0.25) is 0 Å². The Morgan fingerprint density at radius 2 is 1.88 bits per heavy atom. The third-order valence-electron chi connectivity index (χ3n) is 3.82. The smallest absolute Gasteiger partial charge is 0.126 e. The van der Waals surface area contributed by atoms with E-state index < -0.39 is 0 Å². The Morgan fingerprint density at radius 3 is 2.50 bits per heavy atom. The molecule has 0 spiro atoms. The topological polar surface area (TPSA) is 61.6 Å². The molecule has 1 atom stereocenters. The van der Waals surface area contributed by atoms with E-state index in [0.717, 1.165) is 17.9 Å². The highest BCUT2D eigenvalue weighted by molar-refractivity contribution is 5.41. The molecular weight excluding hydrogens is 296 g/mol. The summed E-state index contributed by atoms with van der Waals surface area (Å²) in [6, 6.07) is 20.1. The van der Waals surface area contributed by atoms with E-state index in [2.05, 4.69) is 52.5 Å². The summed E-state index contributed by atoms with van der Waals surface area (Å²) >= 11 is 0. The van der Waals surface area contributed by atoms with E-state index in [1.54, 1.807) is 18.5 Å². The minimum Gasteiger partial charge on any atom is -0.361 e. The molecule has 0 amide bonds. The lowest BCUT2D eigenvalue weighted by Gasteiger charge is -2.19. The van der Waals surface area contributed by atoms with Crippen LogP contribution >= 0.6 is 0 Å². The second-order valence-corrected chi connectivity index (χ2v) is 5.69. The van der Waals surface area contributed by atoms with E-state index in [0.29, 0.717) is 5.56 Å². The van der Waals surface area contributed by atoms with Crippen LogP contribution in [0.4, 0.5) is 5.82 Å². The minimum atomic E-state index is 0.00865. The Hall–Kier alpha value is -3.19. The van der Waals surface area contributed by atoms with Gasteiger partial charge in [0.25, 0.3) is 0 Å². The van der Waals surface area contributed by atoms with E-state index in [4.69, 9.17) is 5.26 Å². The molecule has 1 unspecified atom stereocenters. The van der Waals surface area contributed by atoms with Crippen LogP contribution in [0.5, 0.6) is 0 Å². The van der Waals surface area contributed by atoms with Crippen molar-refractivity contribution in [3.05, 3.63) is 89.4 Å². The van der Waals surface area contributed by atoms with Gasteiger partial charge in [-0.05, 0) is 43.2 Å². The molecule has 1 N–H and O–H groups in total. The van der Waals surface area contributed by atoms with Crippen LogP contribution in [0, 0.1) is 18.3 Å². The van der Waals surface area contributed by atoms with Crippen molar-refractivity contribution in [2.45, 2.75) is 19.4 Å². The first-order chi connectivity index (χ1) is 11.7. The van der Waals surface area contributed by atoms with Gasteiger partial charge >= 0.3 is 0 Å².